The van der Waals surface area contributed by atoms with Gasteiger partial charge in [0.05, 0.1) is 20.8 Å². The number of ether oxygens (including phenoxy) is 2. The van der Waals surface area contributed by atoms with Crippen LogP contribution in [0.4, 0.5) is 0 Å². The third-order valence-electron chi connectivity index (χ3n) is 2.96. The van der Waals surface area contributed by atoms with E-state index in [1.54, 1.807) is 33.3 Å². The van der Waals surface area contributed by atoms with Crippen LogP contribution in [0.5, 0.6) is 11.5 Å². The maximum absolute atomic E-state index is 11.6. The summed E-state index contributed by atoms with van der Waals surface area (Å²) in [5, 5.41) is 2.64. The lowest BCUT2D eigenvalue weighted by molar-refractivity contribution is -0.119. The fourth-order valence-electron chi connectivity index (χ4n) is 1.88. The summed E-state index contributed by atoms with van der Waals surface area (Å²) in [5.74, 6) is 0.992. The smallest absolute Gasteiger partial charge is 0.277 e. The van der Waals surface area contributed by atoms with E-state index in [1.165, 1.54) is 0 Å². The average molecular weight is 345 g/mol. The molecule has 0 unspecified atom stereocenters. The second-order valence-electron chi connectivity index (χ2n) is 4.60. The van der Waals surface area contributed by atoms with Crippen molar-refractivity contribution < 1.29 is 22.7 Å². The van der Waals surface area contributed by atoms with E-state index in [0.29, 0.717) is 24.5 Å². The quantitative estimate of drug-likeness (QED) is 0.545. The van der Waals surface area contributed by atoms with E-state index >= 15 is 0 Å². The Hall–Kier alpha value is -1.84. The first-order valence-corrected chi connectivity index (χ1v) is 8.62. The van der Waals surface area contributed by atoms with Crippen LogP contribution in [0.25, 0.3) is 0 Å². The molecule has 1 rings (SSSR count). The van der Waals surface area contributed by atoms with Crippen LogP contribution in [0, 0.1) is 0 Å². The van der Waals surface area contributed by atoms with Gasteiger partial charge in [-0.2, -0.15) is 13.1 Å². The fourth-order valence-corrected chi connectivity index (χ4v) is 2.68. The van der Waals surface area contributed by atoms with E-state index in [1.807, 2.05) is 6.07 Å². The summed E-state index contributed by atoms with van der Waals surface area (Å²) in [4.78, 5) is 11.6. The molecule has 0 radical (unpaired) electrons. The molecule has 0 bridgehead atoms. The van der Waals surface area contributed by atoms with Crippen molar-refractivity contribution in [2.75, 3.05) is 33.9 Å². The molecule has 0 spiro atoms. The van der Waals surface area contributed by atoms with E-state index in [2.05, 4.69) is 14.8 Å². The molecule has 0 aliphatic carbocycles. The van der Waals surface area contributed by atoms with Gasteiger partial charge in [0.1, 0.15) is 11.5 Å². The summed E-state index contributed by atoms with van der Waals surface area (Å²) in [6, 6.07) is 5.41. The minimum atomic E-state index is -3.62. The van der Waals surface area contributed by atoms with Gasteiger partial charge in [-0.15, -0.1) is 0 Å². The monoisotopic (exact) mass is 345 g/mol. The minimum absolute atomic E-state index is 0.257. The zero-order valence-corrected chi connectivity index (χ0v) is 14.3. The second kappa shape index (κ2) is 9.33. The van der Waals surface area contributed by atoms with E-state index in [9.17, 15) is 13.2 Å². The summed E-state index contributed by atoms with van der Waals surface area (Å²) < 4.78 is 37.5. The fraction of sp³-hybridized carbons (Fsp3) is 0.500. The lowest BCUT2D eigenvalue weighted by atomic mass is 10.1. The predicted octanol–water partition coefficient (Wildman–Crippen LogP) is -0.194. The molecular weight excluding hydrogens is 322 g/mol. The van der Waals surface area contributed by atoms with Crippen LogP contribution in [-0.4, -0.2) is 48.2 Å². The number of hydrogen-bond donors (Lipinski definition) is 3. The average Bonchev–Trinajstić information content (AvgIpc) is 2.53. The molecule has 9 heteroatoms. The maximum Gasteiger partial charge on any atom is 0.277 e. The second-order valence-corrected chi connectivity index (χ2v) is 6.18. The summed E-state index contributed by atoms with van der Waals surface area (Å²) in [6.45, 7) is 1.95. The van der Waals surface area contributed by atoms with Crippen LogP contribution < -0.4 is 24.2 Å². The zero-order chi connectivity index (χ0) is 17.3. The van der Waals surface area contributed by atoms with Crippen molar-refractivity contribution in [2.45, 2.75) is 13.3 Å². The highest BCUT2D eigenvalue weighted by Crippen LogP contribution is 2.23. The van der Waals surface area contributed by atoms with Crippen molar-refractivity contribution in [3.63, 3.8) is 0 Å². The Morgan fingerprint density at radius 2 is 1.91 bits per heavy atom. The molecule has 0 fully saturated rings. The third-order valence-corrected chi connectivity index (χ3v) is 4.15. The molecule has 0 aliphatic heterocycles. The normalized spacial score (nSPS) is 11.1. The van der Waals surface area contributed by atoms with E-state index < -0.39 is 16.1 Å². The predicted molar refractivity (Wildman–Crippen MR) is 86.9 cm³/mol. The molecule has 3 N–H and O–H groups in total. The van der Waals surface area contributed by atoms with Crippen molar-refractivity contribution in [3.8, 4) is 11.5 Å². The number of nitrogens with one attached hydrogen (secondary N) is 3. The van der Waals surface area contributed by atoms with Crippen molar-refractivity contribution in [1.82, 2.24) is 14.8 Å². The number of benzene rings is 1. The molecular formula is C14H23N3O5S. The molecule has 0 atom stereocenters. The topological polar surface area (TPSA) is 106 Å². The number of hydrogen-bond acceptors (Lipinski definition) is 5. The Kier molecular flexibility index (Phi) is 7.79. The largest absolute Gasteiger partial charge is 0.497 e. The van der Waals surface area contributed by atoms with Crippen LogP contribution in [0.15, 0.2) is 18.2 Å². The summed E-state index contributed by atoms with van der Waals surface area (Å²) in [6.07, 6.45) is 0.534. The number of methoxy groups -OCH3 is 2. The number of rotatable bonds is 10. The first-order valence-electron chi connectivity index (χ1n) is 7.13. The van der Waals surface area contributed by atoms with E-state index in [-0.39, 0.29) is 13.1 Å². The number of carbonyl (C=O) groups is 1. The van der Waals surface area contributed by atoms with Gasteiger partial charge in [-0.3, -0.25) is 4.79 Å². The molecule has 23 heavy (non-hydrogen) atoms. The minimum Gasteiger partial charge on any atom is -0.497 e. The van der Waals surface area contributed by atoms with Gasteiger partial charge in [0.25, 0.3) is 10.2 Å². The molecule has 0 saturated carbocycles. The Morgan fingerprint density at radius 1 is 1.17 bits per heavy atom. The van der Waals surface area contributed by atoms with Crippen LogP contribution in [0.1, 0.15) is 12.5 Å². The molecule has 0 saturated heterocycles. The Labute approximate surface area is 136 Å². The number of carbonyl (C=O) groups excluding carboxylic acids is 1. The highest BCUT2D eigenvalue weighted by Gasteiger charge is 2.10. The molecule has 1 amide bonds. The van der Waals surface area contributed by atoms with Crippen molar-refractivity contribution in [1.29, 1.82) is 0 Å². The molecule has 0 aromatic heterocycles. The van der Waals surface area contributed by atoms with Crippen molar-refractivity contribution in [3.05, 3.63) is 23.8 Å². The van der Waals surface area contributed by atoms with Crippen molar-refractivity contribution in [2.24, 2.45) is 0 Å². The van der Waals surface area contributed by atoms with Gasteiger partial charge in [0.15, 0.2) is 0 Å². The Morgan fingerprint density at radius 3 is 2.52 bits per heavy atom. The third kappa shape index (κ3) is 6.85. The summed E-state index contributed by atoms with van der Waals surface area (Å²) in [7, 11) is -0.479. The molecule has 8 nitrogen and oxygen atoms in total. The molecule has 0 heterocycles. The van der Waals surface area contributed by atoms with Crippen LogP contribution in [0.3, 0.4) is 0 Å². The first kappa shape index (κ1) is 19.2. The summed E-state index contributed by atoms with van der Waals surface area (Å²) in [5.41, 5.74) is 0.889. The zero-order valence-electron chi connectivity index (χ0n) is 13.5. The van der Waals surface area contributed by atoms with E-state index in [4.69, 9.17) is 9.47 Å². The Bertz CT molecular complexity index is 619. The molecule has 1 aromatic rings. The molecule has 1 aromatic carbocycles. The molecule has 0 aliphatic rings. The van der Waals surface area contributed by atoms with Gasteiger partial charge in [-0.05, 0) is 30.2 Å². The SMILES string of the molecule is CCNS(=O)(=O)NCC(=O)NCCc1cc(OC)ccc1OC. The number of amides is 1. The summed E-state index contributed by atoms with van der Waals surface area (Å²) >= 11 is 0. The van der Waals surface area contributed by atoms with E-state index in [0.717, 1.165) is 5.56 Å². The highest BCUT2D eigenvalue weighted by atomic mass is 32.2. The lowest BCUT2D eigenvalue weighted by Gasteiger charge is -2.11. The van der Waals surface area contributed by atoms with Gasteiger partial charge >= 0.3 is 0 Å². The van der Waals surface area contributed by atoms with Crippen LogP contribution in [0.2, 0.25) is 0 Å². The Balaban J connectivity index is 2.46. The lowest BCUT2D eigenvalue weighted by Crippen LogP contribution is -2.42. The first-order chi connectivity index (χ1) is 10.9. The van der Waals surface area contributed by atoms with Crippen molar-refractivity contribution >= 4 is 16.1 Å². The molecule has 130 valence electrons. The van der Waals surface area contributed by atoms with Crippen LogP contribution >= 0.6 is 0 Å². The highest BCUT2D eigenvalue weighted by molar-refractivity contribution is 7.87. The van der Waals surface area contributed by atoms with Gasteiger partial charge < -0.3 is 14.8 Å². The maximum atomic E-state index is 11.6. The standard InChI is InChI=1S/C14H23N3O5S/c1-4-16-23(19,20)17-10-14(18)15-8-7-11-9-12(21-2)5-6-13(11)22-3/h5-6,9,16-17H,4,7-8,10H2,1-3H3,(H,15,18). The van der Waals surface area contributed by atoms with Gasteiger partial charge in [0.2, 0.25) is 5.91 Å². The van der Waals surface area contributed by atoms with Gasteiger partial charge in [0, 0.05) is 13.1 Å². The van der Waals surface area contributed by atoms with Gasteiger partial charge in [-0.25, -0.2) is 4.72 Å². The van der Waals surface area contributed by atoms with Crippen LogP contribution in [-0.2, 0) is 21.4 Å². The van der Waals surface area contributed by atoms with Gasteiger partial charge in [-0.1, -0.05) is 6.92 Å².